The van der Waals surface area contributed by atoms with Crippen LogP contribution in [0.3, 0.4) is 0 Å². The monoisotopic (exact) mass is 252 g/mol. The lowest BCUT2D eigenvalue weighted by molar-refractivity contribution is -0.130. The predicted molar refractivity (Wildman–Crippen MR) is 69.1 cm³/mol. The number of aliphatic hydroxyl groups excluding tert-OH is 1. The summed E-state index contributed by atoms with van der Waals surface area (Å²) in [4.78, 5) is 11.8. The van der Waals surface area contributed by atoms with Gasteiger partial charge in [0.05, 0.1) is 14.2 Å². The molecule has 1 aromatic rings. The van der Waals surface area contributed by atoms with Crippen molar-refractivity contribution >= 4 is 5.78 Å². The van der Waals surface area contributed by atoms with Crippen molar-refractivity contribution in [3.05, 3.63) is 23.3 Å². The summed E-state index contributed by atoms with van der Waals surface area (Å²) < 4.78 is 10.3. The molecular formula is C14H20O4. The molecule has 0 saturated heterocycles. The van der Waals surface area contributed by atoms with E-state index in [2.05, 4.69) is 0 Å². The molecule has 4 heteroatoms. The molecule has 0 bridgehead atoms. The molecule has 100 valence electrons. The fraction of sp³-hybridized carbons (Fsp3) is 0.500. The van der Waals surface area contributed by atoms with Crippen LogP contribution in [0.25, 0.3) is 0 Å². The number of Topliss-reactive ketones (excluding diaryl/α,β-unsaturated/α-hetero) is 1. The highest BCUT2D eigenvalue weighted by molar-refractivity contribution is 5.86. The zero-order valence-electron chi connectivity index (χ0n) is 11.5. The number of aryl methyl sites for hydroxylation is 1. The quantitative estimate of drug-likeness (QED) is 0.873. The van der Waals surface area contributed by atoms with Crippen LogP contribution < -0.4 is 9.47 Å². The average Bonchev–Trinajstić information content (AvgIpc) is 2.36. The van der Waals surface area contributed by atoms with Crippen molar-refractivity contribution in [2.24, 2.45) is 5.92 Å². The van der Waals surface area contributed by atoms with Gasteiger partial charge in [-0.05, 0) is 30.2 Å². The van der Waals surface area contributed by atoms with Gasteiger partial charge in [0, 0.05) is 5.92 Å². The number of aliphatic hydroxyl groups is 1. The van der Waals surface area contributed by atoms with E-state index < -0.39 is 6.10 Å². The first-order chi connectivity index (χ1) is 8.42. The van der Waals surface area contributed by atoms with Crippen LogP contribution in [0.1, 0.15) is 31.1 Å². The number of ketones is 1. The second-order valence-corrected chi connectivity index (χ2v) is 4.52. The Morgan fingerprint density at radius 3 is 2.11 bits per heavy atom. The Labute approximate surface area is 108 Å². The lowest BCUT2D eigenvalue weighted by Gasteiger charge is -2.17. The van der Waals surface area contributed by atoms with Gasteiger partial charge in [-0.1, -0.05) is 13.8 Å². The molecule has 0 aliphatic heterocycles. The smallest absolute Gasteiger partial charge is 0.168 e. The Kier molecular flexibility index (Phi) is 4.73. The molecule has 1 rings (SSSR count). The summed E-state index contributed by atoms with van der Waals surface area (Å²) in [5.74, 6) is 0.675. The SMILES string of the molecule is COc1cc(C)c(C(O)C(=O)C(C)C)cc1OC. The van der Waals surface area contributed by atoms with E-state index in [1.165, 1.54) is 7.11 Å². The van der Waals surface area contributed by atoms with Crippen LogP contribution in [0.15, 0.2) is 12.1 Å². The van der Waals surface area contributed by atoms with E-state index in [1.807, 2.05) is 6.92 Å². The summed E-state index contributed by atoms with van der Waals surface area (Å²) in [6.07, 6.45) is -1.12. The van der Waals surface area contributed by atoms with Gasteiger partial charge >= 0.3 is 0 Å². The molecule has 0 saturated carbocycles. The Morgan fingerprint density at radius 1 is 1.17 bits per heavy atom. The summed E-state index contributed by atoms with van der Waals surface area (Å²) >= 11 is 0. The Balaban J connectivity index is 3.21. The fourth-order valence-electron chi connectivity index (χ4n) is 1.76. The van der Waals surface area contributed by atoms with Gasteiger partial charge < -0.3 is 14.6 Å². The summed E-state index contributed by atoms with van der Waals surface area (Å²) in [5.41, 5.74) is 1.36. The van der Waals surface area contributed by atoms with Crippen LogP contribution >= 0.6 is 0 Å². The van der Waals surface area contributed by atoms with Crippen LogP contribution in [-0.2, 0) is 4.79 Å². The molecule has 0 heterocycles. The number of carbonyl (C=O) groups is 1. The van der Waals surface area contributed by atoms with Gasteiger partial charge in [0.25, 0.3) is 0 Å². The molecule has 1 atom stereocenters. The van der Waals surface area contributed by atoms with Crippen LogP contribution in [0, 0.1) is 12.8 Å². The summed E-state index contributed by atoms with van der Waals surface area (Å²) in [5, 5.41) is 10.1. The van der Waals surface area contributed by atoms with Crippen LogP contribution in [0.4, 0.5) is 0 Å². The molecule has 1 N–H and O–H groups in total. The third-order valence-electron chi connectivity index (χ3n) is 2.91. The van der Waals surface area contributed by atoms with Gasteiger partial charge in [0.15, 0.2) is 17.3 Å². The third kappa shape index (κ3) is 2.82. The van der Waals surface area contributed by atoms with Gasteiger partial charge in [-0.2, -0.15) is 0 Å². The third-order valence-corrected chi connectivity index (χ3v) is 2.91. The minimum atomic E-state index is -1.12. The number of carbonyl (C=O) groups excluding carboxylic acids is 1. The summed E-state index contributed by atoms with van der Waals surface area (Å²) in [6.45, 7) is 5.36. The van der Waals surface area contributed by atoms with Crippen molar-refractivity contribution in [3.8, 4) is 11.5 Å². The zero-order chi connectivity index (χ0) is 13.9. The number of methoxy groups -OCH3 is 2. The number of ether oxygens (including phenoxy) is 2. The van der Waals surface area contributed by atoms with Crippen molar-refractivity contribution in [1.82, 2.24) is 0 Å². The number of rotatable bonds is 5. The molecule has 1 aromatic carbocycles. The molecule has 4 nitrogen and oxygen atoms in total. The Bertz CT molecular complexity index is 438. The van der Waals surface area contributed by atoms with Gasteiger partial charge in [-0.25, -0.2) is 0 Å². The van der Waals surface area contributed by atoms with Gasteiger partial charge in [0.1, 0.15) is 6.10 Å². The lowest BCUT2D eigenvalue weighted by atomic mass is 9.94. The second-order valence-electron chi connectivity index (χ2n) is 4.52. The van der Waals surface area contributed by atoms with Gasteiger partial charge in [-0.15, -0.1) is 0 Å². The zero-order valence-corrected chi connectivity index (χ0v) is 11.5. The van der Waals surface area contributed by atoms with Crippen molar-refractivity contribution in [3.63, 3.8) is 0 Å². The molecule has 0 aromatic heterocycles. The maximum atomic E-state index is 11.8. The van der Waals surface area contributed by atoms with E-state index in [0.29, 0.717) is 17.1 Å². The number of hydrogen-bond acceptors (Lipinski definition) is 4. The second kappa shape index (κ2) is 5.87. The molecule has 0 spiro atoms. The topological polar surface area (TPSA) is 55.8 Å². The maximum absolute atomic E-state index is 11.8. The van der Waals surface area contributed by atoms with Crippen LogP contribution in [-0.4, -0.2) is 25.1 Å². The molecular weight excluding hydrogens is 232 g/mol. The van der Waals surface area contributed by atoms with E-state index >= 15 is 0 Å². The highest BCUT2D eigenvalue weighted by atomic mass is 16.5. The van der Waals surface area contributed by atoms with Crippen molar-refractivity contribution in [2.75, 3.05) is 14.2 Å². The lowest BCUT2D eigenvalue weighted by Crippen LogP contribution is -2.18. The average molecular weight is 252 g/mol. The number of benzene rings is 1. The maximum Gasteiger partial charge on any atom is 0.168 e. The molecule has 0 fully saturated rings. The van der Waals surface area contributed by atoms with Gasteiger partial charge in [0.2, 0.25) is 0 Å². The highest BCUT2D eigenvalue weighted by Gasteiger charge is 2.23. The van der Waals surface area contributed by atoms with Gasteiger partial charge in [-0.3, -0.25) is 4.79 Å². The highest BCUT2D eigenvalue weighted by Crippen LogP contribution is 2.33. The molecule has 1 unspecified atom stereocenters. The number of hydrogen-bond donors (Lipinski definition) is 1. The first-order valence-corrected chi connectivity index (χ1v) is 5.86. The molecule has 0 aliphatic carbocycles. The van der Waals surface area contributed by atoms with Crippen molar-refractivity contribution in [2.45, 2.75) is 26.9 Å². The first kappa shape index (κ1) is 14.5. The minimum Gasteiger partial charge on any atom is -0.493 e. The standard InChI is InChI=1S/C14H20O4/c1-8(2)13(15)14(16)10-7-12(18-5)11(17-4)6-9(10)3/h6-8,14,16H,1-5H3. The van der Waals surface area contributed by atoms with E-state index in [0.717, 1.165) is 5.56 Å². The summed E-state index contributed by atoms with van der Waals surface area (Å²) in [7, 11) is 3.07. The van der Waals surface area contributed by atoms with Crippen LogP contribution in [0.5, 0.6) is 11.5 Å². The fourth-order valence-corrected chi connectivity index (χ4v) is 1.76. The van der Waals surface area contributed by atoms with Crippen LogP contribution in [0.2, 0.25) is 0 Å². The predicted octanol–water partition coefficient (Wildman–Crippen LogP) is 2.27. The molecule has 0 radical (unpaired) electrons. The molecule has 18 heavy (non-hydrogen) atoms. The van der Waals surface area contributed by atoms with E-state index in [-0.39, 0.29) is 11.7 Å². The van der Waals surface area contributed by atoms with Crippen molar-refractivity contribution < 1.29 is 19.4 Å². The largest absolute Gasteiger partial charge is 0.493 e. The van der Waals surface area contributed by atoms with E-state index in [1.54, 1.807) is 33.1 Å². The molecule has 0 aliphatic rings. The molecule has 0 amide bonds. The van der Waals surface area contributed by atoms with E-state index in [4.69, 9.17) is 9.47 Å². The first-order valence-electron chi connectivity index (χ1n) is 5.86. The minimum absolute atomic E-state index is 0.203. The van der Waals surface area contributed by atoms with E-state index in [9.17, 15) is 9.90 Å². The Hall–Kier alpha value is -1.55. The van der Waals surface area contributed by atoms with Crippen molar-refractivity contribution in [1.29, 1.82) is 0 Å². The normalized spacial score (nSPS) is 12.4. The summed E-state index contributed by atoms with van der Waals surface area (Å²) in [6, 6.07) is 3.41. The Morgan fingerprint density at radius 2 is 1.67 bits per heavy atom.